The first-order valence-electron chi connectivity index (χ1n) is 7.44. The number of fused-ring (bicyclic) bond motifs is 1. The van der Waals surface area contributed by atoms with Gasteiger partial charge in [-0.05, 0) is 43.7 Å². The molecule has 5 nitrogen and oxygen atoms in total. The van der Waals surface area contributed by atoms with Crippen molar-refractivity contribution in [3.63, 3.8) is 0 Å². The number of hydrogen-bond donors (Lipinski definition) is 2. The van der Waals surface area contributed by atoms with Crippen LogP contribution >= 0.6 is 0 Å². The van der Waals surface area contributed by atoms with Gasteiger partial charge in [0, 0.05) is 13.2 Å². The maximum Gasteiger partial charge on any atom is 0.265 e. The molecule has 21 heavy (non-hydrogen) atoms. The van der Waals surface area contributed by atoms with E-state index in [1.807, 2.05) is 25.1 Å². The molecule has 1 aliphatic heterocycles. The van der Waals surface area contributed by atoms with E-state index in [0.29, 0.717) is 18.0 Å². The number of nitrogens with one attached hydrogen (secondary N) is 1. The van der Waals surface area contributed by atoms with E-state index in [-0.39, 0.29) is 24.0 Å². The van der Waals surface area contributed by atoms with Crippen LogP contribution in [-0.2, 0) is 4.79 Å². The summed E-state index contributed by atoms with van der Waals surface area (Å²) in [4.78, 5) is 12.3. The predicted molar refractivity (Wildman–Crippen MR) is 77.3 cm³/mol. The normalized spacial score (nSPS) is 25.2. The Labute approximate surface area is 124 Å². The Morgan fingerprint density at radius 1 is 1.33 bits per heavy atom. The molecule has 2 N–H and O–H groups in total. The lowest BCUT2D eigenvalue weighted by molar-refractivity contribution is -0.133. The Balaban J connectivity index is 1.60. The SMILES string of the molecule is CC1Oc2ccccc2OC1C(=O)NCC1(CCO)CC1. The molecule has 0 spiro atoms. The van der Waals surface area contributed by atoms with E-state index in [9.17, 15) is 4.79 Å². The summed E-state index contributed by atoms with van der Waals surface area (Å²) >= 11 is 0. The highest BCUT2D eigenvalue weighted by Crippen LogP contribution is 2.48. The Hall–Kier alpha value is -1.75. The van der Waals surface area contributed by atoms with Crippen molar-refractivity contribution >= 4 is 5.91 Å². The van der Waals surface area contributed by atoms with Crippen molar-refractivity contribution in [3.8, 4) is 11.5 Å². The fourth-order valence-corrected chi connectivity index (χ4v) is 2.71. The van der Waals surface area contributed by atoms with E-state index in [1.54, 1.807) is 6.07 Å². The first-order valence-corrected chi connectivity index (χ1v) is 7.44. The fraction of sp³-hybridized carbons (Fsp3) is 0.562. The number of hydrogen-bond acceptors (Lipinski definition) is 4. The summed E-state index contributed by atoms with van der Waals surface area (Å²) in [6, 6.07) is 7.37. The molecule has 0 radical (unpaired) electrons. The molecule has 2 unspecified atom stereocenters. The third-order valence-electron chi connectivity index (χ3n) is 4.34. The zero-order valence-corrected chi connectivity index (χ0v) is 12.2. The molecule has 1 heterocycles. The number of ether oxygens (including phenoxy) is 2. The Kier molecular flexibility index (Phi) is 3.76. The van der Waals surface area contributed by atoms with E-state index in [4.69, 9.17) is 14.6 Å². The van der Waals surface area contributed by atoms with Crippen LogP contribution in [0, 0.1) is 5.41 Å². The largest absolute Gasteiger partial charge is 0.482 e. The van der Waals surface area contributed by atoms with Crippen LogP contribution < -0.4 is 14.8 Å². The number of carbonyl (C=O) groups excluding carboxylic acids is 1. The number of aliphatic hydroxyl groups excluding tert-OH is 1. The first kappa shape index (κ1) is 14.2. The van der Waals surface area contributed by atoms with Crippen LogP contribution in [0.1, 0.15) is 26.2 Å². The molecule has 2 aliphatic rings. The van der Waals surface area contributed by atoms with Crippen LogP contribution in [-0.4, -0.2) is 36.4 Å². The molecular weight excluding hydrogens is 270 g/mol. The smallest absolute Gasteiger partial charge is 0.265 e. The molecule has 0 saturated heterocycles. The minimum Gasteiger partial charge on any atom is -0.482 e. The summed E-state index contributed by atoms with van der Waals surface area (Å²) < 4.78 is 11.5. The molecule has 0 aromatic heterocycles. The van der Waals surface area contributed by atoms with Crippen LogP contribution in [0.2, 0.25) is 0 Å². The van der Waals surface area contributed by atoms with Gasteiger partial charge in [-0.2, -0.15) is 0 Å². The highest BCUT2D eigenvalue weighted by atomic mass is 16.6. The summed E-state index contributed by atoms with van der Waals surface area (Å²) in [7, 11) is 0. The van der Waals surface area contributed by atoms with Crippen molar-refractivity contribution < 1.29 is 19.4 Å². The molecular formula is C16H21NO4. The molecule has 1 aromatic carbocycles. The van der Waals surface area contributed by atoms with Crippen LogP contribution in [0.4, 0.5) is 0 Å². The molecule has 1 fully saturated rings. The Morgan fingerprint density at radius 2 is 2.00 bits per heavy atom. The maximum absolute atomic E-state index is 12.3. The molecule has 5 heteroatoms. The average molecular weight is 291 g/mol. The van der Waals surface area contributed by atoms with Gasteiger partial charge < -0.3 is 19.9 Å². The Morgan fingerprint density at radius 3 is 2.62 bits per heavy atom. The number of amides is 1. The van der Waals surface area contributed by atoms with Crippen molar-refractivity contribution in [2.24, 2.45) is 5.41 Å². The van der Waals surface area contributed by atoms with Crippen molar-refractivity contribution in [2.75, 3.05) is 13.2 Å². The van der Waals surface area contributed by atoms with Gasteiger partial charge >= 0.3 is 0 Å². The number of benzene rings is 1. The van der Waals surface area contributed by atoms with Crippen molar-refractivity contribution in [1.29, 1.82) is 0 Å². The van der Waals surface area contributed by atoms with Gasteiger partial charge in [-0.15, -0.1) is 0 Å². The van der Waals surface area contributed by atoms with Crippen LogP contribution in [0.15, 0.2) is 24.3 Å². The van der Waals surface area contributed by atoms with Gasteiger partial charge in [0.25, 0.3) is 5.91 Å². The molecule has 2 atom stereocenters. The zero-order valence-electron chi connectivity index (χ0n) is 12.2. The lowest BCUT2D eigenvalue weighted by atomic mass is 10.0. The van der Waals surface area contributed by atoms with E-state index >= 15 is 0 Å². The predicted octanol–water partition coefficient (Wildman–Crippen LogP) is 1.49. The molecule has 1 saturated carbocycles. The quantitative estimate of drug-likeness (QED) is 0.862. The van der Waals surface area contributed by atoms with Gasteiger partial charge in [0.15, 0.2) is 11.5 Å². The molecule has 0 bridgehead atoms. The maximum atomic E-state index is 12.3. The van der Waals surface area contributed by atoms with E-state index in [2.05, 4.69) is 5.32 Å². The molecule has 1 aliphatic carbocycles. The average Bonchev–Trinajstić information content (AvgIpc) is 3.24. The zero-order chi connectivity index (χ0) is 14.9. The second-order valence-electron chi connectivity index (χ2n) is 6.00. The van der Waals surface area contributed by atoms with Crippen molar-refractivity contribution in [1.82, 2.24) is 5.32 Å². The second kappa shape index (κ2) is 5.56. The van der Waals surface area contributed by atoms with Gasteiger partial charge in [0.2, 0.25) is 6.10 Å². The minimum atomic E-state index is -0.634. The van der Waals surface area contributed by atoms with E-state index in [0.717, 1.165) is 19.3 Å². The highest BCUT2D eigenvalue weighted by Gasteiger charge is 2.43. The van der Waals surface area contributed by atoms with Gasteiger partial charge in [0.1, 0.15) is 6.10 Å². The monoisotopic (exact) mass is 291 g/mol. The summed E-state index contributed by atoms with van der Waals surface area (Å²) in [6.07, 6.45) is 1.91. The lowest BCUT2D eigenvalue weighted by Gasteiger charge is -2.31. The van der Waals surface area contributed by atoms with Crippen LogP contribution in [0.3, 0.4) is 0 Å². The fourth-order valence-electron chi connectivity index (χ4n) is 2.71. The Bertz CT molecular complexity index is 527. The van der Waals surface area contributed by atoms with Crippen LogP contribution in [0.25, 0.3) is 0 Å². The third-order valence-corrected chi connectivity index (χ3v) is 4.34. The number of aliphatic hydroxyl groups is 1. The third kappa shape index (κ3) is 2.97. The van der Waals surface area contributed by atoms with Crippen LogP contribution in [0.5, 0.6) is 11.5 Å². The van der Waals surface area contributed by atoms with E-state index < -0.39 is 6.10 Å². The van der Waals surface area contributed by atoms with Gasteiger partial charge in [-0.3, -0.25) is 4.79 Å². The molecule has 114 valence electrons. The molecule has 1 amide bonds. The van der Waals surface area contributed by atoms with Crippen molar-refractivity contribution in [3.05, 3.63) is 24.3 Å². The standard InChI is InChI=1S/C16H21NO4/c1-11-14(21-13-5-3-2-4-12(13)20-11)15(19)17-10-16(6-7-16)8-9-18/h2-5,11,14,18H,6-10H2,1H3,(H,17,19). The lowest BCUT2D eigenvalue weighted by Crippen LogP contribution is -2.50. The summed E-state index contributed by atoms with van der Waals surface area (Å²) in [5.41, 5.74) is 0.0983. The number of carbonyl (C=O) groups is 1. The number of rotatable bonds is 5. The summed E-state index contributed by atoms with van der Waals surface area (Å²) in [5.74, 6) is 1.13. The molecule has 1 aromatic rings. The first-order chi connectivity index (χ1) is 10.1. The second-order valence-corrected chi connectivity index (χ2v) is 6.00. The highest BCUT2D eigenvalue weighted by molar-refractivity contribution is 5.82. The van der Waals surface area contributed by atoms with Crippen molar-refractivity contribution in [2.45, 2.75) is 38.4 Å². The van der Waals surface area contributed by atoms with Gasteiger partial charge in [0.05, 0.1) is 0 Å². The van der Waals surface area contributed by atoms with E-state index in [1.165, 1.54) is 0 Å². The minimum absolute atomic E-state index is 0.0983. The van der Waals surface area contributed by atoms with Gasteiger partial charge in [-0.1, -0.05) is 12.1 Å². The van der Waals surface area contributed by atoms with Gasteiger partial charge in [-0.25, -0.2) is 0 Å². The topological polar surface area (TPSA) is 67.8 Å². The number of para-hydroxylation sites is 2. The summed E-state index contributed by atoms with van der Waals surface area (Å²) in [6.45, 7) is 2.60. The summed E-state index contributed by atoms with van der Waals surface area (Å²) in [5, 5.41) is 12.0. The molecule has 3 rings (SSSR count).